The Morgan fingerprint density at radius 3 is 2.52 bits per heavy atom. The van der Waals surface area contributed by atoms with Crippen LogP contribution in [0.3, 0.4) is 0 Å². The molecule has 0 saturated carbocycles. The Bertz CT molecular complexity index is 617. The number of aryl methyl sites for hydroxylation is 2. The van der Waals surface area contributed by atoms with E-state index in [1.54, 1.807) is 7.11 Å². The lowest BCUT2D eigenvalue weighted by atomic mass is 10.2. The van der Waals surface area contributed by atoms with Gasteiger partial charge in [0, 0.05) is 17.8 Å². The molecular formula is C16H21N3O2. The molecule has 1 N–H and O–H groups in total. The molecule has 0 saturated heterocycles. The van der Waals surface area contributed by atoms with Crippen LogP contribution in [0.2, 0.25) is 0 Å². The summed E-state index contributed by atoms with van der Waals surface area (Å²) in [6.07, 6.45) is 0.383. The molecule has 2 rings (SSSR count). The molecule has 0 aliphatic carbocycles. The quantitative estimate of drug-likeness (QED) is 0.919. The van der Waals surface area contributed by atoms with Crippen LogP contribution in [0.1, 0.15) is 30.8 Å². The lowest BCUT2D eigenvalue weighted by molar-refractivity contribution is -0.116. The summed E-state index contributed by atoms with van der Waals surface area (Å²) in [7, 11) is 1.61. The highest BCUT2D eigenvalue weighted by Crippen LogP contribution is 2.18. The number of methoxy groups -OCH3 is 1. The van der Waals surface area contributed by atoms with Gasteiger partial charge >= 0.3 is 0 Å². The maximum Gasteiger partial charge on any atom is 0.226 e. The highest BCUT2D eigenvalue weighted by Gasteiger charge is 2.14. The molecule has 5 heteroatoms. The fourth-order valence-electron chi connectivity index (χ4n) is 2.33. The highest BCUT2D eigenvalue weighted by molar-refractivity contribution is 5.90. The molecule has 1 amide bonds. The normalized spacial score (nSPS) is 12.0. The predicted octanol–water partition coefficient (Wildman–Crippen LogP) is 3.10. The largest absolute Gasteiger partial charge is 0.497 e. The number of nitrogens with zero attached hydrogens (tertiary/aromatic N) is 2. The number of carbonyl (C=O) groups is 1. The summed E-state index contributed by atoms with van der Waals surface area (Å²) < 4.78 is 6.98. The third-order valence-corrected chi connectivity index (χ3v) is 3.32. The van der Waals surface area contributed by atoms with E-state index in [1.807, 2.05) is 55.8 Å². The smallest absolute Gasteiger partial charge is 0.226 e. The van der Waals surface area contributed by atoms with Crippen LogP contribution in [-0.4, -0.2) is 22.8 Å². The predicted molar refractivity (Wildman–Crippen MR) is 82.7 cm³/mol. The van der Waals surface area contributed by atoms with Crippen LogP contribution in [0, 0.1) is 13.8 Å². The van der Waals surface area contributed by atoms with E-state index in [-0.39, 0.29) is 11.9 Å². The molecule has 1 aromatic heterocycles. The molecule has 0 bridgehead atoms. The first-order valence-corrected chi connectivity index (χ1v) is 6.96. The minimum atomic E-state index is -0.0276. The van der Waals surface area contributed by atoms with Gasteiger partial charge in [-0.3, -0.25) is 9.48 Å². The van der Waals surface area contributed by atoms with E-state index < -0.39 is 0 Å². The number of hydrogen-bond donors (Lipinski definition) is 1. The van der Waals surface area contributed by atoms with Crippen molar-refractivity contribution in [1.82, 2.24) is 9.78 Å². The topological polar surface area (TPSA) is 56.1 Å². The average molecular weight is 287 g/mol. The fourth-order valence-corrected chi connectivity index (χ4v) is 2.33. The zero-order chi connectivity index (χ0) is 15.4. The Kier molecular flexibility index (Phi) is 4.62. The van der Waals surface area contributed by atoms with Crippen LogP contribution in [0.5, 0.6) is 5.75 Å². The van der Waals surface area contributed by atoms with E-state index in [2.05, 4.69) is 10.4 Å². The van der Waals surface area contributed by atoms with Crippen molar-refractivity contribution >= 4 is 11.6 Å². The van der Waals surface area contributed by atoms with Gasteiger partial charge in [-0.1, -0.05) is 0 Å². The molecule has 1 heterocycles. The van der Waals surface area contributed by atoms with Gasteiger partial charge in [-0.2, -0.15) is 5.10 Å². The minimum Gasteiger partial charge on any atom is -0.497 e. The number of rotatable bonds is 5. The number of hydrogen-bond acceptors (Lipinski definition) is 3. The van der Waals surface area contributed by atoms with Crippen molar-refractivity contribution in [2.45, 2.75) is 33.2 Å². The van der Waals surface area contributed by atoms with Gasteiger partial charge in [0.2, 0.25) is 5.91 Å². The summed E-state index contributed by atoms with van der Waals surface area (Å²) in [5.41, 5.74) is 2.80. The Balaban J connectivity index is 1.96. The van der Waals surface area contributed by atoms with Crippen molar-refractivity contribution in [2.75, 3.05) is 12.4 Å². The molecule has 5 nitrogen and oxygen atoms in total. The monoisotopic (exact) mass is 287 g/mol. The summed E-state index contributed by atoms with van der Waals surface area (Å²) in [6.45, 7) is 5.94. The molecule has 0 fully saturated rings. The van der Waals surface area contributed by atoms with E-state index in [9.17, 15) is 4.79 Å². The number of benzene rings is 1. The van der Waals surface area contributed by atoms with Crippen molar-refractivity contribution in [1.29, 1.82) is 0 Å². The van der Waals surface area contributed by atoms with Crippen LogP contribution in [-0.2, 0) is 4.79 Å². The third kappa shape index (κ3) is 3.84. The molecule has 1 unspecified atom stereocenters. The first kappa shape index (κ1) is 15.1. The van der Waals surface area contributed by atoms with E-state index >= 15 is 0 Å². The molecule has 0 spiro atoms. The zero-order valence-corrected chi connectivity index (χ0v) is 12.9. The van der Waals surface area contributed by atoms with E-state index in [0.29, 0.717) is 6.42 Å². The maximum absolute atomic E-state index is 12.1. The van der Waals surface area contributed by atoms with Crippen molar-refractivity contribution in [2.24, 2.45) is 0 Å². The van der Waals surface area contributed by atoms with Crippen molar-refractivity contribution in [3.05, 3.63) is 41.7 Å². The summed E-state index contributed by atoms with van der Waals surface area (Å²) in [5, 5.41) is 7.30. The molecule has 2 aromatic rings. The molecule has 0 radical (unpaired) electrons. The maximum atomic E-state index is 12.1. The van der Waals surface area contributed by atoms with E-state index in [1.165, 1.54) is 0 Å². The average Bonchev–Trinajstić information content (AvgIpc) is 2.78. The van der Waals surface area contributed by atoms with Gasteiger partial charge in [0.05, 0.1) is 18.8 Å². The summed E-state index contributed by atoms with van der Waals surface area (Å²) in [6, 6.07) is 9.32. The van der Waals surface area contributed by atoms with Crippen LogP contribution >= 0.6 is 0 Å². The highest BCUT2D eigenvalue weighted by atomic mass is 16.5. The zero-order valence-electron chi connectivity index (χ0n) is 12.9. The molecule has 112 valence electrons. The number of aromatic nitrogens is 2. The van der Waals surface area contributed by atoms with Gasteiger partial charge in [-0.05, 0) is 51.1 Å². The second kappa shape index (κ2) is 6.43. The van der Waals surface area contributed by atoms with Gasteiger partial charge in [0.1, 0.15) is 5.75 Å². The van der Waals surface area contributed by atoms with Gasteiger partial charge in [0.25, 0.3) is 0 Å². The second-order valence-electron chi connectivity index (χ2n) is 5.20. The van der Waals surface area contributed by atoms with E-state index in [4.69, 9.17) is 4.74 Å². The second-order valence-corrected chi connectivity index (χ2v) is 5.20. The van der Waals surface area contributed by atoms with Crippen LogP contribution in [0.25, 0.3) is 0 Å². The van der Waals surface area contributed by atoms with Gasteiger partial charge < -0.3 is 10.1 Å². The summed E-state index contributed by atoms with van der Waals surface area (Å²) >= 11 is 0. The van der Waals surface area contributed by atoms with E-state index in [0.717, 1.165) is 22.8 Å². The minimum absolute atomic E-state index is 0.0250. The van der Waals surface area contributed by atoms with Crippen molar-refractivity contribution in [3.8, 4) is 5.75 Å². The Labute approximate surface area is 124 Å². The van der Waals surface area contributed by atoms with Gasteiger partial charge in [-0.15, -0.1) is 0 Å². The SMILES string of the molecule is COc1ccc(NC(=O)CC(C)n2nc(C)cc2C)cc1. The Morgan fingerprint density at radius 2 is 2.00 bits per heavy atom. The molecule has 1 aromatic carbocycles. The number of ether oxygens (including phenoxy) is 1. The first-order chi connectivity index (χ1) is 9.99. The molecular weight excluding hydrogens is 266 g/mol. The molecule has 0 aliphatic rings. The lowest BCUT2D eigenvalue weighted by Crippen LogP contribution is -2.19. The van der Waals surface area contributed by atoms with Crippen LogP contribution in [0.4, 0.5) is 5.69 Å². The van der Waals surface area contributed by atoms with Crippen molar-refractivity contribution in [3.63, 3.8) is 0 Å². The third-order valence-electron chi connectivity index (χ3n) is 3.32. The summed E-state index contributed by atoms with van der Waals surface area (Å²) in [5.74, 6) is 0.740. The summed E-state index contributed by atoms with van der Waals surface area (Å²) in [4.78, 5) is 12.1. The fraction of sp³-hybridized carbons (Fsp3) is 0.375. The molecule has 21 heavy (non-hydrogen) atoms. The number of anilines is 1. The number of carbonyl (C=O) groups excluding carboxylic acids is 1. The molecule has 0 aliphatic heterocycles. The number of nitrogens with one attached hydrogen (secondary N) is 1. The Hall–Kier alpha value is -2.30. The van der Waals surface area contributed by atoms with Crippen LogP contribution < -0.4 is 10.1 Å². The lowest BCUT2D eigenvalue weighted by Gasteiger charge is -2.14. The molecule has 1 atom stereocenters. The number of amides is 1. The van der Waals surface area contributed by atoms with Crippen molar-refractivity contribution < 1.29 is 9.53 Å². The first-order valence-electron chi connectivity index (χ1n) is 6.96. The Morgan fingerprint density at radius 1 is 1.33 bits per heavy atom. The van der Waals surface area contributed by atoms with Gasteiger partial charge in [-0.25, -0.2) is 0 Å². The van der Waals surface area contributed by atoms with Crippen LogP contribution in [0.15, 0.2) is 30.3 Å². The standard InChI is InChI=1S/C16H21N3O2/c1-11-9-12(2)19(18-11)13(3)10-16(20)17-14-5-7-15(21-4)8-6-14/h5-9,13H,10H2,1-4H3,(H,17,20). The van der Waals surface area contributed by atoms with Gasteiger partial charge in [0.15, 0.2) is 0 Å².